The van der Waals surface area contributed by atoms with Crippen molar-refractivity contribution in [3.63, 3.8) is 0 Å². The monoisotopic (exact) mass is 267 g/mol. The van der Waals surface area contributed by atoms with Crippen LogP contribution in [0.1, 0.15) is 11.6 Å². The zero-order chi connectivity index (χ0) is 13.1. The lowest BCUT2D eigenvalue weighted by molar-refractivity contribution is -0.138. The van der Waals surface area contributed by atoms with E-state index in [2.05, 4.69) is 20.4 Å². The van der Waals surface area contributed by atoms with Crippen molar-refractivity contribution in [2.75, 3.05) is 5.32 Å². The van der Waals surface area contributed by atoms with Crippen molar-refractivity contribution in [1.82, 2.24) is 19.7 Å². The Hall–Kier alpha value is -2.15. The highest BCUT2D eigenvalue weighted by Gasteiger charge is 2.21. The van der Waals surface area contributed by atoms with Gasteiger partial charge in [-0.2, -0.15) is 5.10 Å². The standard InChI is InChI=1S/C10H10ClN5O2/c1-16-5-6(2-13-16)9(10(17)18)15-8-4-12-3-7(11)14-8/h2-5,9H,1H3,(H,14,15)(H,17,18). The molecule has 0 aliphatic heterocycles. The van der Waals surface area contributed by atoms with Crippen LogP contribution >= 0.6 is 11.6 Å². The van der Waals surface area contributed by atoms with E-state index in [-0.39, 0.29) is 5.15 Å². The minimum Gasteiger partial charge on any atom is -0.479 e. The maximum atomic E-state index is 11.2. The van der Waals surface area contributed by atoms with Gasteiger partial charge in [0, 0.05) is 18.8 Å². The Kier molecular flexibility index (Phi) is 3.42. The number of halogens is 1. The van der Waals surface area contributed by atoms with E-state index in [1.165, 1.54) is 23.3 Å². The highest BCUT2D eigenvalue weighted by Crippen LogP contribution is 2.18. The molecule has 0 amide bonds. The molecule has 0 aromatic carbocycles. The summed E-state index contributed by atoms with van der Waals surface area (Å²) in [6, 6.07) is -0.952. The summed E-state index contributed by atoms with van der Waals surface area (Å²) < 4.78 is 1.52. The first-order valence-electron chi connectivity index (χ1n) is 5.01. The van der Waals surface area contributed by atoms with Gasteiger partial charge in [-0.15, -0.1) is 0 Å². The molecule has 1 unspecified atom stereocenters. The summed E-state index contributed by atoms with van der Waals surface area (Å²) >= 11 is 5.68. The van der Waals surface area contributed by atoms with Gasteiger partial charge in [-0.25, -0.2) is 9.78 Å². The van der Waals surface area contributed by atoms with E-state index in [1.807, 2.05) is 0 Å². The van der Waals surface area contributed by atoms with Crippen molar-refractivity contribution in [3.05, 3.63) is 35.5 Å². The topological polar surface area (TPSA) is 92.9 Å². The first-order chi connectivity index (χ1) is 8.56. The maximum Gasteiger partial charge on any atom is 0.330 e. The van der Waals surface area contributed by atoms with Crippen LogP contribution in [0.25, 0.3) is 0 Å². The summed E-state index contributed by atoms with van der Waals surface area (Å²) in [6.07, 6.45) is 5.86. The van der Waals surface area contributed by atoms with Crippen LogP contribution in [0.2, 0.25) is 5.15 Å². The molecular weight excluding hydrogens is 258 g/mol. The van der Waals surface area contributed by atoms with Gasteiger partial charge in [-0.05, 0) is 0 Å². The van der Waals surface area contributed by atoms with E-state index in [0.717, 1.165) is 0 Å². The molecular formula is C10H10ClN5O2. The van der Waals surface area contributed by atoms with Gasteiger partial charge < -0.3 is 10.4 Å². The first-order valence-corrected chi connectivity index (χ1v) is 5.39. The van der Waals surface area contributed by atoms with Gasteiger partial charge in [0.2, 0.25) is 0 Å². The second-order valence-electron chi connectivity index (χ2n) is 3.59. The molecule has 0 spiro atoms. The number of nitrogens with one attached hydrogen (secondary N) is 1. The van der Waals surface area contributed by atoms with Crippen LogP contribution < -0.4 is 5.32 Å². The summed E-state index contributed by atoms with van der Waals surface area (Å²) in [5.74, 6) is -0.747. The van der Waals surface area contributed by atoms with Crippen LogP contribution in [-0.2, 0) is 11.8 Å². The number of carboxylic acid groups (broad SMARTS) is 1. The Morgan fingerprint density at radius 3 is 2.83 bits per heavy atom. The average Bonchev–Trinajstić information content (AvgIpc) is 2.72. The fourth-order valence-corrected chi connectivity index (χ4v) is 1.58. The molecule has 8 heteroatoms. The number of nitrogens with zero attached hydrogens (tertiary/aromatic N) is 4. The summed E-state index contributed by atoms with van der Waals surface area (Å²) in [4.78, 5) is 19.0. The Labute approximate surface area is 107 Å². The molecule has 1 atom stereocenters. The molecule has 2 heterocycles. The molecule has 0 aliphatic carbocycles. The molecule has 0 saturated carbocycles. The van der Waals surface area contributed by atoms with E-state index in [9.17, 15) is 9.90 Å². The Bertz CT molecular complexity index is 571. The van der Waals surface area contributed by atoms with Crippen molar-refractivity contribution in [1.29, 1.82) is 0 Å². The van der Waals surface area contributed by atoms with Gasteiger partial charge in [0.25, 0.3) is 0 Å². The van der Waals surface area contributed by atoms with Crippen molar-refractivity contribution < 1.29 is 9.90 Å². The Morgan fingerprint density at radius 2 is 2.28 bits per heavy atom. The molecule has 2 aromatic rings. The normalized spacial score (nSPS) is 12.1. The van der Waals surface area contributed by atoms with Crippen LogP contribution in [-0.4, -0.2) is 30.8 Å². The van der Waals surface area contributed by atoms with Crippen LogP contribution in [0.4, 0.5) is 5.82 Å². The molecule has 2 aromatic heterocycles. The van der Waals surface area contributed by atoms with Crippen molar-refractivity contribution in [3.8, 4) is 0 Å². The van der Waals surface area contributed by atoms with Gasteiger partial charge in [0.05, 0.1) is 18.6 Å². The molecule has 2 N–H and O–H groups in total. The molecule has 0 saturated heterocycles. The number of aryl methyl sites for hydroxylation is 1. The summed E-state index contributed by atoms with van der Waals surface area (Å²) in [5, 5.41) is 16.0. The molecule has 94 valence electrons. The highest BCUT2D eigenvalue weighted by atomic mass is 35.5. The number of hydrogen-bond acceptors (Lipinski definition) is 5. The van der Waals surface area contributed by atoms with Gasteiger partial charge in [0.15, 0.2) is 6.04 Å². The maximum absolute atomic E-state index is 11.2. The lowest BCUT2D eigenvalue weighted by atomic mass is 10.1. The number of rotatable bonds is 4. The Balaban J connectivity index is 2.24. The number of carbonyl (C=O) groups is 1. The molecule has 2 rings (SSSR count). The van der Waals surface area contributed by atoms with E-state index < -0.39 is 12.0 Å². The predicted molar refractivity (Wildman–Crippen MR) is 64.2 cm³/mol. The van der Waals surface area contributed by atoms with Crippen molar-refractivity contribution >= 4 is 23.4 Å². The summed E-state index contributed by atoms with van der Waals surface area (Å²) in [6.45, 7) is 0. The van der Waals surface area contributed by atoms with E-state index >= 15 is 0 Å². The smallest absolute Gasteiger partial charge is 0.330 e. The number of anilines is 1. The zero-order valence-corrected chi connectivity index (χ0v) is 10.2. The number of aliphatic carboxylic acids is 1. The highest BCUT2D eigenvalue weighted by molar-refractivity contribution is 6.29. The summed E-state index contributed by atoms with van der Waals surface area (Å²) in [7, 11) is 1.71. The average molecular weight is 268 g/mol. The van der Waals surface area contributed by atoms with Crippen LogP contribution in [0.3, 0.4) is 0 Å². The molecule has 0 bridgehead atoms. The fourth-order valence-electron chi connectivity index (χ4n) is 1.44. The molecule has 0 radical (unpaired) electrons. The fraction of sp³-hybridized carbons (Fsp3) is 0.200. The number of aromatic nitrogens is 4. The SMILES string of the molecule is Cn1cc(C(Nc2cncc(Cl)n2)C(=O)O)cn1. The molecule has 0 aliphatic rings. The van der Waals surface area contributed by atoms with E-state index in [1.54, 1.807) is 13.2 Å². The van der Waals surface area contributed by atoms with E-state index in [4.69, 9.17) is 11.6 Å². The third-order valence-corrected chi connectivity index (χ3v) is 2.38. The second kappa shape index (κ2) is 5.01. The first kappa shape index (κ1) is 12.3. The van der Waals surface area contributed by atoms with E-state index in [0.29, 0.717) is 11.4 Å². The van der Waals surface area contributed by atoms with Crippen molar-refractivity contribution in [2.24, 2.45) is 7.05 Å². The number of carboxylic acids is 1. The van der Waals surface area contributed by atoms with Gasteiger partial charge in [-0.3, -0.25) is 9.67 Å². The quantitative estimate of drug-likeness (QED) is 0.862. The van der Waals surface area contributed by atoms with Gasteiger partial charge in [0.1, 0.15) is 11.0 Å². The minimum absolute atomic E-state index is 0.190. The van der Waals surface area contributed by atoms with Crippen LogP contribution in [0, 0.1) is 0 Å². The zero-order valence-electron chi connectivity index (χ0n) is 9.41. The molecule has 0 fully saturated rings. The largest absolute Gasteiger partial charge is 0.479 e. The van der Waals surface area contributed by atoms with Crippen LogP contribution in [0.5, 0.6) is 0 Å². The van der Waals surface area contributed by atoms with Crippen molar-refractivity contribution in [2.45, 2.75) is 6.04 Å². The second-order valence-corrected chi connectivity index (χ2v) is 3.98. The lowest BCUT2D eigenvalue weighted by Crippen LogP contribution is -2.20. The minimum atomic E-state index is -1.04. The summed E-state index contributed by atoms with van der Waals surface area (Å²) in [5.41, 5.74) is 0.520. The van der Waals surface area contributed by atoms with Crippen LogP contribution in [0.15, 0.2) is 24.8 Å². The molecule has 7 nitrogen and oxygen atoms in total. The number of hydrogen-bond donors (Lipinski definition) is 2. The predicted octanol–water partition coefficient (Wildman–Crippen LogP) is 1.10. The van der Waals surface area contributed by atoms with Gasteiger partial charge in [-0.1, -0.05) is 11.6 Å². The Morgan fingerprint density at radius 1 is 1.50 bits per heavy atom. The third kappa shape index (κ3) is 2.75. The molecule has 18 heavy (non-hydrogen) atoms. The van der Waals surface area contributed by atoms with Gasteiger partial charge >= 0.3 is 5.97 Å². The lowest BCUT2D eigenvalue weighted by Gasteiger charge is -2.12. The third-order valence-electron chi connectivity index (χ3n) is 2.20.